The van der Waals surface area contributed by atoms with E-state index in [9.17, 15) is 0 Å². The highest BCUT2D eigenvalue weighted by molar-refractivity contribution is 5.62. The Bertz CT molecular complexity index is 808. The molecule has 0 radical (unpaired) electrons. The number of nitrogens with zero attached hydrogens (tertiary/aromatic N) is 2. The summed E-state index contributed by atoms with van der Waals surface area (Å²) < 4.78 is 5.63. The number of hydrogen-bond donors (Lipinski definition) is 2. The maximum absolute atomic E-state index is 5.63. The fourth-order valence-corrected chi connectivity index (χ4v) is 2.64. The van der Waals surface area contributed by atoms with Crippen LogP contribution < -0.4 is 15.4 Å². The molecule has 3 rings (SSSR count). The van der Waals surface area contributed by atoms with Crippen LogP contribution in [0.25, 0.3) is 0 Å². The number of benzene rings is 2. The van der Waals surface area contributed by atoms with Gasteiger partial charge in [-0.3, -0.25) is 0 Å². The van der Waals surface area contributed by atoms with Crippen LogP contribution in [0, 0.1) is 0 Å². The van der Waals surface area contributed by atoms with E-state index in [1.54, 1.807) is 6.20 Å². The van der Waals surface area contributed by atoms with Crippen LogP contribution in [0.3, 0.4) is 0 Å². The molecule has 5 heteroatoms. The lowest BCUT2D eigenvalue weighted by Crippen LogP contribution is -2.07. The molecular weight excluding hydrogens is 324 g/mol. The monoisotopic (exact) mass is 348 g/mol. The van der Waals surface area contributed by atoms with Crippen molar-refractivity contribution in [1.29, 1.82) is 0 Å². The zero-order valence-corrected chi connectivity index (χ0v) is 15.0. The molecule has 0 aliphatic heterocycles. The van der Waals surface area contributed by atoms with Crippen molar-refractivity contribution >= 4 is 17.5 Å². The number of rotatable bonds is 9. The van der Waals surface area contributed by atoms with Crippen molar-refractivity contribution in [1.82, 2.24) is 9.97 Å². The van der Waals surface area contributed by atoms with Crippen molar-refractivity contribution in [2.75, 3.05) is 23.8 Å². The Morgan fingerprint density at radius 2 is 1.77 bits per heavy atom. The first-order chi connectivity index (χ1) is 12.8. The highest BCUT2D eigenvalue weighted by atomic mass is 16.5. The van der Waals surface area contributed by atoms with Gasteiger partial charge in [0.2, 0.25) is 5.95 Å². The zero-order chi connectivity index (χ0) is 18.0. The van der Waals surface area contributed by atoms with Crippen molar-refractivity contribution in [3.63, 3.8) is 0 Å². The summed E-state index contributed by atoms with van der Waals surface area (Å²) >= 11 is 0. The number of aromatic nitrogens is 2. The quantitative estimate of drug-likeness (QED) is 0.551. The zero-order valence-electron chi connectivity index (χ0n) is 15.0. The molecule has 0 aliphatic carbocycles. The number of ether oxygens (including phenoxy) is 1. The molecule has 5 nitrogen and oxygen atoms in total. The minimum Gasteiger partial charge on any atom is -0.492 e. The Labute approximate surface area is 154 Å². The third-order valence-corrected chi connectivity index (χ3v) is 3.88. The predicted octanol–water partition coefficient (Wildman–Crippen LogP) is 4.66. The Morgan fingerprint density at radius 1 is 0.962 bits per heavy atom. The van der Waals surface area contributed by atoms with Gasteiger partial charge in [0.05, 0.1) is 12.3 Å². The normalized spacial score (nSPS) is 10.3. The van der Waals surface area contributed by atoms with Gasteiger partial charge in [0.1, 0.15) is 11.6 Å². The third-order valence-electron chi connectivity index (χ3n) is 3.88. The van der Waals surface area contributed by atoms with Crippen molar-refractivity contribution in [2.45, 2.75) is 19.8 Å². The second-order valence-corrected chi connectivity index (χ2v) is 5.84. The van der Waals surface area contributed by atoms with E-state index in [0.717, 1.165) is 36.6 Å². The van der Waals surface area contributed by atoms with E-state index in [-0.39, 0.29) is 0 Å². The molecule has 1 heterocycles. The summed E-state index contributed by atoms with van der Waals surface area (Å²) in [5, 5.41) is 6.59. The maximum Gasteiger partial charge on any atom is 0.229 e. The lowest BCUT2D eigenvalue weighted by molar-refractivity contribution is 0.342. The van der Waals surface area contributed by atoms with Gasteiger partial charge in [-0.15, -0.1) is 0 Å². The molecule has 1 aromatic heterocycles. The first-order valence-electron chi connectivity index (χ1n) is 8.95. The Kier molecular flexibility index (Phi) is 6.42. The van der Waals surface area contributed by atoms with E-state index in [1.165, 1.54) is 5.56 Å². The van der Waals surface area contributed by atoms with Crippen molar-refractivity contribution < 1.29 is 4.74 Å². The van der Waals surface area contributed by atoms with Gasteiger partial charge >= 0.3 is 0 Å². The van der Waals surface area contributed by atoms with Gasteiger partial charge in [0, 0.05) is 12.7 Å². The fraction of sp³-hybridized carbons (Fsp3) is 0.238. The van der Waals surface area contributed by atoms with Crippen LogP contribution in [-0.2, 0) is 6.42 Å². The van der Waals surface area contributed by atoms with Crippen LogP contribution in [0.2, 0.25) is 0 Å². The summed E-state index contributed by atoms with van der Waals surface area (Å²) in [6.45, 7) is 3.44. The molecule has 0 saturated carbocycles. The summed E-state index contributed by atoms with van der Waals surface area (Å²) in [7, 11) is 0. The van der Waals surface area contributed by atoms with Crippen LogP contribution in [0.15, 0.2) is 66.9 Å². The van der Waals surface area contributed by atoms with E-state index in [1.807, 2.05) is 43.3 Å². The van der Waals surface area contributed by atoms with E-state index < -0.39 is 0 Å². The molecule has 2 N–H and O–H groups in total. The minimum absolute atomic E-state index is 0.546. The molecule has 0 spiro atoms. The van der Waals surface area contributed by atoms with Crippen molar-refractivity contribution in [3.05, 3.63) is 72.4 Å². The minimum atomic E-state index is 0.546. The number of para-hydroxylation sites is 2. The third kappa shape index (κ3) is 5.21. The van der Waals surface area contributed by atoms with E-state index in [0.29, 0.717) is 12.6 Å². The Balaban J connectivity index is 1.55. The maximum atomic E-state index is 5.63. The number of nitrogens with one attached hydrogen (secondary N) is 2. The van der Waals surface area contributed by atoms with Gasteiger partial charge in [-0.05, 0) is 43.5 Å². The highest BCUT2D eigenvalue weighted by Gasteiger charge is 2.05. The standard InChI is InChI=1S/C21H24N4O/c1-2-26-19-13-7-6-12-18(19)24-21-23-16-14-20(25-21)22-15-8-11-17-9-4-3-5-10-17/h3-7,9-10,12-14,16H,2,8,11,15H2,1H3,(H2,22,23,24,25). The molecule has 2 aromatic carbocycles. The molecule has 0 aliphatic rings. The molecular formula is C21H24N4O. The summed E-state index contributed by atoms with van der Waals surface area (Å²) in [4.78, 5) is 8.82. The molecule has 0 fully saturated rings. The van der Waals surface area contributed by atoms with Crippen LogP contribution in [0.4, 0.5) is 17.5 Å². The molecule has 0 bridgehead atoms. The van der Waals surface area contributed by atoms with Gasteiger partial charge < -0.3 is 15.4 Å². The van der Waals surface area contributed by atoms with Crippen LogP contribution in [0.1, 0.15) is 18.9 Å². The van der Waals surface area contributed by atoms with E-state index >= 15 is 0 Å². The van der Waals surface area contributed by atoms with Gasteiger partial charge in [0.15, 0.2) is 0 Å². The Morgan fingerprint density at radius 3 is 2.62 bits per heavy atom. The number of aryl methyl sites for hydroxylation is 1. The predicted molar refractivity (Wildman–Crippen MR) is 106 cm³/mol. The van der Waals surface area contributed by atoms with Gasteiger partial charge in [-0.2, -0.15) is 4.98 Å². The van der Waals surface area contributed by atoms with Crippen molar-refractivity contribution in [2.24, 2.45) is 0 Å². The lowest BCUT2D eigenvalue weighted by Gasteiger charge is -2.12. The molecule has 0 unspecified atom stereocenters. The SMILES string of the molecule is CCOc1ccccc1Nc1nccc(NCCCc2ccccc2)n1. The van der Waals surface area contributed by atoms with E-state index in [2.05, 4.69) is 44.9 Å². The summed E-state index contributed by atoms with van der Waals surface area (Å²) in [5.74, 6) is 2.15. The molecule has 0 atom stereocenters. The largest absolute Gasteiger partial charge is 0.492 e. The summed E-state index contributed by atoms with van der Waals surface area (Å²) in [5.41, 5.74) is 2.21. The molecule has 0 saturated heterocycles. The topological polar surface area (TPSA) is 59.1 Å². The Hall–Kier alpha value is -3.08. The summed E-state index contributed by atoms with van der Waals surface area (Å²) in [6, 6.07) is 20.2. The first kappa shape index (κ1) is 17.7. The average Bonchev–Trinajstić information content (AvgIpc) is 2.68. The molecule has 0 amide bonds. The second kappa shape index (κ2) is 9.42. The average molecular weight is 348 g/mol. The van der Waals surface area contributed by atoms with Crippen LogP contribution in [-0.4, -0.2) is 23.1 Å². The first-order valence-corrected chi connectivity index (χ1v) is 8.95. The van der Waals surface area contributed by atoms with E-state index in [4.69, 9.17) is 4.74 Å². The van der Waals surface area contributed by atoms with Crippen molar-refractivity contribution in [3.8, 4) is 5.75 Å². The number of hydrogen-bond acceptors (Lipinski definition) is 5. The molecule has 26 heavy (non-hydrogen) atoms. The van der Waals surface area contributed by atoms with Gasteiger partial charge in [-0.25, -0.2) is 4.98 Å². The molecule has 3 aromatic rings. The van der Waals surface area contributed by atoms with Gasteiger partial charge in [0.25, 0.3) is 0 Å². The smallest absolute Gasteiger partial charge is 0.229 e. The van der Waals surface area contributed by atoms with Crippen LogP contribution >= 0.6 is 0 Å². The fourth-order valence-electron chi connectivity index (χ4n) is 2.64. The van der Waals surface area contributed by atoms with Gasteiger partial charge in [-0.1, -0.05) is 42.5 Å². The summed E-state index contributed by atoms with van der Waals surface area (Å²) in [6.07, 6.45) is 3.84. The second-order valence-electron chi connectivity index (χ2n) is 5.84. The molecule has 134 valence electrons. The highest BCUT2D eigenvalue weighted by Crippen LogP contribution is 2.26. The lowest BCUT2D eigenvalue weighted by atomic mass is 10.1. The number of anilines is 3. The van der Waals surface area contributed by atoms with Crippen LogP contribution in [0.5, 0.6) is 5.75 Å².